The largest absolute Gasteiger partial charge is 0.468 e. The summed E-state index contributed by atoms with van der Waals surface area (Å²) in [5, 5.41) is 0.173. The second-order valence-electron chi connectivity index (χ2n) is 6.17. The fourth-order valence-electron chi connectivity index (χ4n) is 2.68. The molecule has 1 aromatic carbocycles. The van der Waals surface area contributed by atoms with Crippen LogP contribution in [0.2, 0.25) is 5.02 Å². The van der Waals surface area contributed by atoms with E-state index in [0.29, 0.717) is 5.76 Å². The van der Waals surface area contributed by atoms with Gasteiger partial charge in [-0.05, 0) is 35.9 Å². The second-order valence-corrected chi connectivity index (χ2v) is 8.62. The first-order valence-corrected chi connectivity index (χ1v) is 10.2. The molecule has 6 nitrogen and oxygen atoms in total. The van der Waals surface area contributed by atoms with Crippen molar-refractivity contribution < 1.29 is 17.2 Å². The Labute approximate surface area is 168 Å². The van der Waals surface area contributed by atoms with E-state index in [1.165, 1.54) is 35.8 Å². The summed E-state index contributed by atoms with van der Waals surface area (Å²) in [7, 11) is -2.57. The third-order valence-corrected chi connectivity index (χ3v) is 6.34. The van der Waals surface area contributed by atoms with Crippen LogP contribution in [0.4, 0.5) is 4.39 Å². The van der Waals surface area contributed by atoms with Crippen molar-refractivity contribution in [3.05, 3.63) is 88.8 Å². The normalized spacial score (nSPS) is 12.0. The topological polar surface area (TPSA) is 66.7 Å². The van der Waals surface area contributed by atoms with Crippen molar-refractivity contribution in [2.24, 2.45) is 0 Å². The maximum Gasteiger partial charge on any atom is 0.282 e. The molecule has 2 heterocycles. The van der Waals surface area contributed by atoms with Crippen LogP contribution in [0.15, 0.2) is 65.5 Å². The highest BCUT2D eigenvalue weighted by molar-refractivity contribution is 7.86. The quantitative estimate of drug-likeness (QED) is 0.552. The molecule has 2 aromatic heterocycles. The first-order valence-electron chi connectivity index (χ1n) is 8.43. The average molecular weight is 424 g/mol. The fourth-order valence-corrected chi connectivity index (χ4v) is 4.19. The first kappa shape index (κ1) is 20.5. The first-order chi connectivity index (χ1) is 13.4. The Hall–Kier alpha value is -2.26. The molecule has 28 heavy (non-hydrogen) atoms. The molecule has 0 radical (unpaired) electrons. The van der Waals surface area contributed by atoms with Gasteiger partial charge in [-0.2, -0.15) is 17.0 Å². The Kier molecular flexibility index (Phi) is 6.46. The Morgan fingerprint density at radius 1 is 1.11 bits per heavy atom. The Balaban J connectivity index is 1.88. The van der Waals surface area contributed by atoms with Gasteiger partial charge in [0.2, 0.25) is 0 Å². The molecule has 0 N–H and O–H groups in total. The summed E-state index contributed by atoms with van der Waals surface area (Å²) in [5.74, 6) is -0.0656. The number of benzene rings is 1. The summed E-state index contributed by atoms with van der Waals surface area (Å²) in [4.78, 5) is 4.03. The summed E-state index contributed by atoms with van der Waals surface area (Å²) < 4.78 is 48.2. The fraction of sp³-hybridized carbons (Fsp3) is 0.211. The van der Waals surface area contributed by atoms with Gasteiger partial charge in [0, 0.05) is 43.1 Å². The van der Waals surface area contributed by atoms with Gasteiger partial charge in [0.15, 0.2) is 0 Å². The number of furan rings is 1. The van der Waals surface area contributed by atoms with E-state index in [0.717, 1.165) is 9.87 Å². The molecular weight excluding hydrogens is 405 g/mol. The average Bonchev–Trinajstić information content (AvgIpc) is 3.18. The zero-order valence-electron chi connectivity index (χ0n) is 15.1. The summed E-state index contributed by atoms with van der Waals surface area (Å²) in [5.41, 5.74) is 0.838. The molecule has 9 heteroatoms. The second kappa shape index (κ2) is 8.83. The van der Waals surface area contributed by atoms with Gasteiger partial charge in [-0.25, -0.2) is 4.39 Å². The van der Waals surface area contributed by atoms with Crippen LogP contribution in [0.3, 0.4) is 0 Å². The van der Waals surface area contributed by atoms with Crippen molar-refractivity contribution in [3.8, 4) is 0 Å². The monoisotopic (exact) mass is 423 g/mol. The van der Waals surface area contributed by atoms with E-state index in [1.54, 1.807) is 36.7 Å². The van der Waals surface area contributed by atoms with E-state index in [-0.39, 0.29) is 30.2 Å². The molecule has 0 amide bonds. The number of halogens is 2. The van der Waals surface area contributed by atoms with Crippen LogP contribution in [0.5, 0.6) is 0 Å². The van der Waals surface area contributed by atoms with Gasteiger partial charge in [0.1, 0.15) is 11.6 Å². The number of nitrogens with zero attached hydrogens (tertiary/aromatic N) is 3. The van der Waals surface area contributed by atoms with Crippen LogP contribution < -0.4 is 0 Å². The van der Waals surface area contributed by atoms with E-state index in [4.69, 9.17) is 16.0 Å². The molecule has 0 saturated carbocycles. The van der Waals surface area contributed by atoms with E-state index in [9.17, 15) is 12.8 Å². The third-order valence-electron chi connectivity index (χ3n) is 4.16. The summed E-state index contributed by atoms with van der Waals surface area (Å²) in [6.45, 7) is -0.0820. The minimum atomic E-state index is -3.95. The van der Waals surface area contributed by atoms with E-state index < -0.39 is 16.0 Å². The summed E-state index contributed by atoms with van der Waals surface area (Å²) >= 11 is 6.05. The number of aromatic nitrogens is 1. The molecule has 0 aliphatic carbocycles. The van der Waals surface area contributed by atoms with Gasteiger partial charge >= 0.3 is 0 Å². The van der Waals surface area contributed by atoms with Crippen molar-refractivity contribution in [3.63, 3.8) is 0 Å². The molecule has 0 unspecified atom stereocenters. The zero-order valence-corrected chi connectivity index (χ0v) is 16.7. The van der Waals surface area contributed by atoms with E-state index in [1.807, 2.05) is 0 Å². The Morgan fingerprint density at radius 2 is 1.93 bits per heavy atom. The lowest BCUT2D eigenvalue weighted by atomic mass is 10.2. The highest BCUT2D eigenvalue weighted by Crippen LogP contribution is 2.23. The molecular formula is C19H19ClFN3O3S. The minimum Gasteiger partial charge on any atom is -0.468 e. The summed E-state index contributed by atoms with van der Waals surface area (Å²) in [6.07, 6.45) is 4.69. The zero-order chi connectivity index (χ0) is 20.1. The van der Waals surface area contributed by atoms with Crippen molar-refractivity contribution in [2.45, 2.75) is 19.6 Å². The van der Waals surface area contributed by atoms with Gasteiger partial charge < -0.3 is 4.42 Å². The summed E-state index contributed by atoms with van der Waals surface area (Å²) in [6, 6.07) is 11.1. The lowest BCUT2D eigenvalue weighted by Crippen LogP contribution is -2.41. The van der Waals surface area contributed by atoms with Gasteiger partial charge in [-0.1, -0.05) is 23.7 Å². The lowest BCUT2D eigenvalue weighted by molar-refractivity contribution is 0.321. The maximum absolute atomic E-state index is 14.1. The van der Waals surface area contributed by atoms with Gasteiger partial charge in [0.05, 0.1) is 12.8 Å². The highest BCUT2D eigenvalue weighted by Gasteiger charge is 2.29. The van der Waals surface area contributed by atoms with Crippen LogP contribution >= 0.6 is 11.6 Å². The van der Waals surface area contributed by atoms with Crippen LogP contribution in [0.1, 0.15) is 16.9 Å². The molecule has 0 aliphatic heterocycles. The van der Waals surface area contributed by atoms with E-state index >= 15 is 0 Å². The lowest BCUT2D eigenvalue weighted by Gasteiger charge is -2.27. The maximum atomic E-state index is 14.1. The standard InChI is InChI=1S/C19H19ClFN3O3S/c1-23(14-17-18(20)7-2-8-19(17)21)28(25,26)24(13-16-6-4-10-27-16)12-15-5-3-9-22-11-15/h2-11H,12-14H2,1H3. The van der Waals surface area contributed by atoms with E-state index in [2.05, 4.69) is 4.98 Å². The number of pyridine rings is 1. The van der Waals surface area contributed by atoms with Gasteiger partial charge in [0.25, 0.3) is 10.2 Å². The SMILES string of the molecule is CN(Cc1c(F)cccc1Cl)S(=O)(=O)N(Cc1cccnc1)Cc1ccco1. The highest BCUT2D eigenvalue weighted by atomic mass is 35.5. The van der Waals surface area contributed by atoms with Crippen LogP contribution in [-0.2, 0) is 29.8 Å². The molecule has 0 saturated heterocycles. The number of hydrogen-bond acceptors (Lipinski definition) is 4. The molecule has 3 rings (SSSR count). The molecule has 148 valence electrons. The van der Waals surface area contributed by atoms with Crippen LogP contribution in [0, 0.1) is 5.82 Å². The van der Waals surface area contributed by atoms with Gasteiger partial charge in [-0.3, -0.25) is 4.98 Å². The molecule has 3 aromatic rings. The molecule has 0 spiro atoms. The molecule has 0 atom stereocenters. The third kappa shape index (κ3) is 4.77. The Morgan fingerprint density at radius 3 is 2.57 bits per heavy atom. The smallest absolute Gasteiger partial charge is 0.282 e. The van der Waals surface area contributed by atoms with Crippen molar-refractivity contribution in [1.29, 1.82) is 0 Å². The van der Waals surface area contributed by atoms with Crippen LogP contribution in [-0.4, -0.2) is 29.1 Å². The van der Waals surface area contributed by atoms with Crippen molar-refractivity contribution in [2.75, 3.05) is 7.05 Å². The number of rotatable bonds is 8. The Bertz CT molecular complexity index is 994. The predicted molar refractivity (Wildman–Crippen MR) is 104 cm³/mol. The van der Waals surface area contributed by atoms with Crippen molar-refractivity contribution in [1.82, 2.24) is 13.6 Å². The number of hydrogen-bond donors (Lipinski definition) is 0. The molecule has 0 aliphatic rings. The molecule has 0 bridgehead atoms. The predicted octanol–water partition coefficient (Wildman–Crippen LogP) is 3.85. The minimum absolute atomic E-state index is 0.0274. The van der Waals surface area contributed by atoms with Crippen molar-refractivity contribution >= 4 is 21.8 Å². The van der Waals surface area contributed by atoms with Gasteiger partial charge in [-0.15, -0.1) is 0 Å². The molecule has 0 fully saturated rings. The van der Waals surface area contributed by atoms with Crippen LogP contribution in [0.25, 0.3) is 0 Å².